The molecule has 1 aliphatic rings. The molecule has 0 aromatic carbocycles. The van der Waals surface area contributed by atoms with Crippen molar-refractivity contribution in [1.82, 2.24) is 25.3 Å². The number of urea groups is 1. The minimum Gasteiger partial charge on any atom is -0.352 e. The molecule has 0 spiro atoms. The van der Waals surface area contributed by atoms with Crippen LogP contribution in [0.15, 0.2) is 11.0 Å². The highest BCUT2D eigenvalue weighted by Gasteiger charge is 2.15. The number of carbonyl (C=O) groups is 1. The summed E-state index contributed by atoms with van der Waals surface area (Å²) in [5.41, 5.74) is 5.04. The lowest BCUT2D eigenvalue weighted by Crippen LogP contribution is -2.34. The number of aromatic amines is 1. The first-order chi connectivity index (χ1) is 13.3. The summed E-state index contributed by atoms with van der Waals surface area (Å²) in [6.07, 6.45) is 7.68. The highest BCUT2D eigenvalue weighted by molar-refractivity contribution is 5.73. The normalized spacial score (nSPS) is 14.6. The Morgan fingerprint density at radius 3 is 2.39 bits per heavy atom. The zero-order valence-corrected chi connectivity index (χ0v) is 17.1. The van der Waals surface area contributed by atoms with Gasteiger partial charge in [0, 0.05) is 24.2 Å². The van der Waals surface area contributed by atoms with Crippen LogP contribution in [0.25, 0.3) is 11.0 Å². The molecule has 0 radical (unpaired) electrons. The van der Waals surface area contributed by atoms with Crippen LogP contribution in [0.2, 0.25) is 0 Å². The predicted octanol–water partition coefficient (Wildman–Crippen LogP) is 2.64. The molecule has 2 aromatic heterocycles. The lowest BCUT2D eigenvalue weighted by atomic mass is 9.96. The van der Waals surface area contributed by atoms with Crippen molar-refractivity contribution in [2.45, 2.75) is 77.8 Å². The Balaban J connectivity index is 0.000000345. The molecule has 2 amide bonds. The Morgan fingerprint density at radius 2 is 1.86 bits per heavy atom. The fourth-order valence-electron chi connectivity index (χ4n) is 3.00. The van der Waals surface area contributed by atoms with E-state index < -0.39 is 6.03 Å². The second kappa shape index (κ2) is 10.0. The summed E-state index contributed by atoms with van der Waals surface area (Å²) >= 11 is 0. The number of nitrogens with one attached hydrogen (secondary N) is 3. The number of hydrogen-bond donors (Lipinski definition) is 4. The Kier molecular flexibility index (Phi) is 7.71. The van der Waals surface area contributed by atoms with Gasteiger partial charge in [0.05, 0.1) is 0 Å². The van der Waals surface area contributed by atoms with Crippen LogP contribution in [0, 0.1) is 0 Å². The average Bonchev–Trinajstić information content (AvgIpc) is 2.61. The smallest absolute Gasteiger partial charge is 0.312 e. The van der Waals surface area contributed by atoms with Crippen LogP contribution < -0.4 is 21.9 Å². The van der Waals surface area contributed by atoms with Gasteiger partial charge in [-0.25, -0.2) is 14.8 Å². The zero-order valence-electron chi connectivity index (χ0n) is 17.1. The molecule has 1 fully saturated rings. The lowest BCUT2D eigenvalue weighted by molar-refractivity contribution is 0.247. The number of amides is 2. The SMILES string of the molecule is CC(C)NC(N)=O.CC(C)c1nc2nc(NC3CCCCC3)ncc2c(=O)[nH]1. The summed E-state index contributed by atoms with van der Waals surface area (Å²) in [4.78, 5) is 37.8. The van der Waals surface area contributed by atoms with E-state index in [-0.39, 0.29) is 17.5 Å². The third-order valence-corrected chi connectivity index (χ3v) is 4.40. The molecule has 154 valence electrons. The predicted molar refractivity (Wildman–Crippen MR) is 110 cm³/mol. The van der Waals surface area contributed by atoms with Crippen molar-refractivity contribution in [2.24, 2.45) is 5.73 Å². The third kappa shape index (κ3) is 6.47. The average molecular weight is 390 g/mol. The molecule has 9 heteroatoms. The first-order valence-corrected chi connectivity index (χ1v) is 9.85. The summed E-state index contributed by atoms with van der Waals surface area (Å²) in [5, 5.41) is 6.25. The van der Waals surface area contributed by atoms with Gasteiger partial charge in [0.25, 0.3) is 5.56 Å². The Morgan fingerprint density at radius 1 is 1.18 bits per heavy atom. The van der Waals surface area contributed by atoms with Gasteiger partial charge in [-0.15, -0.1) is 0 Å². The van der Waals surface area contributed by atoms with Crippen LogP contribution in [0.3, 0.4) is 0 Å². The lowest BCUT2D eigenvalue weighted by Gasteiger charge is -2.22. The van der Waals surface area contributed by atoms with Gasteiger partial charge in [0.15, 0.2) is 5.65 Å². The van der Waals surface area contributed by atoms with E-state index in [0.29, 0.717) is 28.8 Å². The number of rotatable bonds is 4. The van der Waals surface area contributed by atoms with E-state index >= 15 is 0 Å². The second-order valence-electron chi connectivity index (χ2n) is 7.68. The largest absolute Gasteiger partial charge is 0.352 e. The van der Waals surface area contributed by atoms with E-state index in [1.54, 1.807) is 6.20 Å². The van der Waals surface area contributed by atoms with Crippen molar-refractivity contribution in [3.05, 3.63) is 22.4 Å². The standard InChI is InChI=1S/C15H21N5O.C4H10N2O/c1-9(2)12-18-13-11(14(21)19-12)8-16-15(20-13)17-10-6-4-3-5-7-10;1-3(2)6-4(5)7/h8-10H,3-7H2,1-2H3,(H2,16,17,18,19,20,21);3H,1-2H3,(H3,5,6,7). The summed E-state index contributed by atoms with van der Waals surface area (Å²) in [7, 11) is 0. The summed E-state index contributed by atoms with van der Waals surface area (Å²) in [6, 6.07) is 0.121. The number of H-pyrrole nitrogens is 1. The van der Waals surface area contributed by atoms with Crippen molar-refractivity contribution in [2.75, 3.05) is 5.32 Å². The van der Waals surface area contributed by atoms with E-state index in [2.05, 4.69) is 30.6 Å². The quantitative estimate of drug-likeness (QED) is 0.634. The number of primary amides is 1. The fourth-order valence-corrected chi connectivity index (χ4v) is 3.00. The number of nitrogens with two attached hydrogens (primary N) is 1. The molecule has 28 heavy (non-hydrogen) atoms. The first-order valence-electron chi connectivity index (χ1n) is 9.85. The van der Waals surface area contributed by atoms with Crippen LogP contribution in [0.4, 0.5) is 10.7 Å². The van der Waals surface area contributed by atoms with E-state index in [4.69, 9.17) is 5.73 Å². The minimum absolute atomic E-state index is 0.150. The van der Waals surface area contributed by atoms with Crippen molar-refractivity contribution in [3.63, 3.8) is 0 Å². The fraction of sp³-hybridized carbons (Fsp3) is 0.632. The topological polar surface area (TPSA) is 139 Å². The molecule has 0 atom stereocenters. The molecule has 3 rings (SSSR count). The van der Waals surface area contributed by atoms with Crippen LogP contribution in [-0.4, -0.2) is 38.1 Å². The molecular weight excluding hydrogens is 358 g/mol. The second-order valence-corrected chi connectivity index (χ2v) is 7.68. The van der Waals surface area contributed by atoms with Crippen molar-refractivity contribution in [1.29, 1.82) is 0 Å². The van der Waals surface area contributed by atoms with E-state index in [1.165, 1.54) is 19.3 Å². The molecule has 0 unspecified atom stereocenters. The summed E-state index contributed by atoms with van der Waals surface area (Å²) < 4.78 is 0. The monoisotopic (exact) mass is 389 g/mol. The van der Waals surface area contributed by atoms with Crippen LogP contribution in [-0.2, 0) is 0 Å². The maximum absolute atomic E-state index is 12.0. The molecule has 1 saturated carbocycles. The molecule has 1 aliphatic carbocycles. The van der Waals surface area contributed by atoms with Crippen molar-refractivity contribution < 1.29 is 4.79 Å². The van der Waals surface area contributed by atoms with Crippen LogP contribution >= 0.6 is 0 Å². The molecule has 0 aliphatic heterocycles. The highest BCUT2D eigenvalue weighted by atomic mass is 16.2. The summed E-state index contributed by atoms with van der Waals surface area (Å²) in [5.74, 6) is 1.39. The van der Waals surface area contributed by atoms with Gasteiger partial charge in [-0.1, -0.05) is 33.1 Å². The zero-order chi connectivity index (χ0) is 20.7. The molecular formula is C19H31N7O2. The van der Waals surface area contributed by atoms with Crippen molar-refractivity contribution in [3.8, 4) is 0 Å². The molecule has 0 bridgehead atoms. The van der Waals surface area contributed by atoms with E-state index in [0.717, 1.165) is 12.8 Å². The van der Waals surface area contributed by atoms with Crippen LogP contribution in [0.5, 0.6) is 0 Å². The van der Waals surface area contributed by atoms with Crippen molar-refractivity contribution >= 4 is 23.0 Å². The van der Waals surface area contributed by atoms with Gasteiger partial charge in [0.1, 0.15) is 11.2 Å². The van der Waals surface area contributed by atoms with Gasteiger partial charge < -0.3 is 21.4 Å². The van der Waals surface area contributed by atoms with E-state index in [1.807, 2.05) is 27.7 Å². The summed E-state index contributed by atoms with van der Waals surface area (Å²) in [6.45, 7) is 7.69. The van der Waals surface area contributed by atoms with Gasteiger partial charge in [-0.05, 0) is 26.7 Å². The Hall–Kier alpha value is -2.71. The Bertz CT molecular complexity index is 842. The maximum Gasteiger partial charge on any atom is 0.312 e. The van der Waals surface area contributed by atoms with Gasteiger partial charge in [-0.2, -0.15) is 4.98 Å². The first kappa shape index (κ1) is 21.6. The van der Waals surface area contributed by atoms with Crippen LogP contribution in [0.1, 0.15) is 71.5 Å². The van der Waals surface area contributed by atoms with Gasteiger partial charge >= 0.3 is 6.03 Å². The minimum atomic E-state index is -0.463. The maximum atomic E-state index is 12.0. The molecule has 0 saturated heterocycles. The number of aromatic nitrogens is 4. The molecule has 5 N–H and O–H groups in total. The van der Waals surface area contributed by atoms with E-state index in [9.17, 15) is 9.59 Å². The highest BCUT2D eigenvalue weighted by Crippen LogP contribution is 2.20. The molecule has 9 nitrogen and oxygen atoms in total. The molecule has 2 heterocycles. The van der Waals surface area contributed by atoms with Gasteiger partial charge in [0.2, 0.25) is 5.95 Å². The van der Waals surface area contributed by atoms with Gasteiger partial charge in [-0.3, -0.25) is 4.79 Å². The number of anilines is 1. The third-order valence-electron chi connectivity index (χ3n) is 4.40. The number of hydrogen-bond acceptors (Lipinski definition) is 6. The Labute approximate surface area is 164 Å². The number of nitrogens with zero attached hydrogens (tertiary/aromatic N) is 3. The molecule has 2 aromatic rings. The number of carbonyl (C=O) groups excluding carboxylic acids is 1. The number of fused-ring (bicyclic) bond motifs is 1.